The third-order valence-corrected chi connectivity index (χ3v) is 6.72. The summed E-state index contributed by atoms with van der Waals surface area (Å²) >= 11 is 0. The van der Waals surface area contributed by atoms with Crippen LogP contribution in [0.3, 0.4) is 0 Å². The first kappa shape index (κ1) is 18.9. The third kappa shape index (κ3) is 3.75. The van der Waals surface area contributed by atoms with Crippen molar-refractivity contribution >= 4 is 5.82 Å². The summed E-state index contributed by atoms with van der Waals surface area (Å²) in [5, 5.41) is 13.5. The Kier molecular flexibility index (Phi) is 5.22. The molecule has 2 aromatic heterocycles. The van der Waals surface area contributed by atoms with Crippen LogP contribution in [0.2, 0.25) is 0 Å². The molecule has 7 heteroatoms. The van der Waals surface area contributed by atoms with Gasteiger partial charge in [-0.05, 0) is 49.4 Å². The normalized spacial score (nSPS) is 30.3. The van der Waals surface area contributed by atoms with Gasteiger partial charge in [0.05, 0.1) is 17.8 Å². The molecule has 0 saturated carbocycles. The molecule has 4 N–H and O–H groups in total. The number of aromatic nitrogens is 2. The Hall–Kier alpha value is -2.06. The van der Waals surface area contributed by atoms with E-state index in [2.05, 4.69) is 51.2 Å². The van der Waals surface area contributed by atoms with E-state index in [4.69, 9.17) is 4.98 Å². The number of hydrazine groups is 1. The number of nitrogens with one attached hydrogen (secondary N) is 3. The highest BCUT2D eigenvalue weighted by atomic mass is 16.3. The van der Waals surface area contributed by atoms with Gasteiger partial charge < -0.3 is 15.3 Å². The molecule has 0 bridgehead atoms. The second-order valence-corrected chi connectivity index (χ2v) is 8.61. The van der Waals surface area contributed by atoms with E-state index in [0.717, 1.165) is 50.4 Å². The number of pyridine rings is 2. The Balaban J connectivity index is 1.37. The molecule has 7 nitrogen and oxygen atoms in total. The van der Waals surface area contributed by atoms with Crippen LogP contribution in [0.15, 0.2) is 36.7 Å². The van der Waals surface area contributed by atoms with Crippen molar-refractivity contribution in [2.45, 2.75) is 50.4 Å². The highest BCUT2D eigenvalue weighted by Crippen LogP contribution is 2.38. The third-order valence-electron chi connectivity index (χ3n) is 6.72. The smallest absolute Gasteiger partial charge is 0.131 e. The Morgan fingerprint density at radius 1 is 1.14 bits per heavy atom. The van der Waals surface area contributed by atoms with Gasteiger partial charge in [0.1, 0.15) is 5.82 Å². The average Bonchev–Trinajstić information content (AvgIpc) is 3.19. The van der Waals surface area contributed by atoms with Crippen molar-refractivity contribution in [2.24, 2.45) is 5.92 Å². The van der Waals surface area contributed by atoms with Crippen LogP contribution < -0.4 is 21.1 Å². The molecule has 2 aromatic rings. The molecule has 4 atom stereocenters. The summed E-state index contributed by atoms with van der Waals surface area (Å²) in [6, 6.07) is 9.43. The number of fused-ring (bicyclic) bond motifs is 1. The summed E-state index contributed by atoms with van der Waals surface area (Å²) in [5.41, 5.74) is 10.6. The fourth-order valence-corrected chi connectivity index (χ4v) is 5.00. The predicted octanol–water partition coefficient (Wildman–Crippen LogP) is 1.61. The zero-order valence-corrected chi connectivity index (χ0v) is 16.9. The van der Waals surface area contributed by atoms with Gasteiger partial charge in [-0.15, -0.1) is 0 Å². The standard InChI is InChI=1S/C22H30N6O/c1-14-4-5-18(25-22(14)28-9-6-16(29)7-10-28)21-17-11-19(15-3-2-8-23-12-15)24-13-20(17)26-27-21/h2-5,8,12,16-17,19-21,24,26-27,29H,6-7,9-11,13H2,1H3. The molecule has 0 radical (unpaired) electrons. The van der Waals surface area contributed by atoms with Gasteiger partial charge in [-0.3, -0.25) is 10.4 Å². The van der Waals surface area contributed by atoms with Gasteiger partial charge in [-0.25, -0.2) is 10.4 Å². The van der Waals surface area contributed by atoms with Gasteiger partial charge in [0, 0.05) is 50.0 Å². The lowest BCUT2D eigenvalue weighted by Gasteiger charge is -2.35. The molecule has 0 amide bonds. The second kappa shape index (κ2) is 7.99. The number of aliphatic hydroxyl groups excluding tert-OH is 1. The van der Waals surface area contributed by atoms with Crippen LogP contribution in [0.25, 0.3) is 0 Å². The van der Waals surface area contributed by atoms with E-state index in [9.17, 15) is 5.11 Å². The molecule has 154 valence electrons. The fraction of sp³-hybridized carbons (Fsp3) is 0.545. The maximum Gasteiger partial charge on any atom is 0.131 e. The van der Waals surface area contributed by atoms with E-state index in [1.54, 1.807) is 0 Å². The molecule has 0 aromatic carbocycles. The molecule has 0 spiro atoms. The SMILES string of the molecule is Cc1ccc(C2NNC3CNC(c4cccnc4)CC32)nc1N1CCC(O)CC1. The number of aryl methyl sites for hydroxylation is 1. The van der Waals surface area contributed by atoms with Gasteiger partial charge in [-0.1, -0.05) is 12.1 Å². The van der Waals surface area contributed by atoms with Crippen molar-refractivity contribution in [1.29, 1.82) is 0 Å². The van der Waals surface area contributed by atoms with Crippen molar-refractivity contribution < 1.29 is 5.11 Å². The van der Waals surface area contributed by atoms with Crippen LogP contribution in [0, 0.1) is 12.8 Å². The molecule has 3 aliphatic rings. The van der Waals surface area contributed by atoms with Gasteiger partial charge in [-0.2, -0.15) is 0 Å². The number of nitrogens with zero attached hydrogens (tertiary/aromatic N) is 3. The van der Waals surface area contributed by atoms with E-state index < -0.39 is 0 Å². The van der Waals surface area contributed by atoms with Crippen LogP contribution in [0.1, 0.15) is 48.2 Å². The van der Waals surface area contributed by atoms with Gasteiger partial charge in [0.25, 0.3) is 0 Å². The topological polar surface area (TPSA) is 85.3 Å². The van der Waals surface area contributed by atoms with Crippen molar-refractivity contribution in [1.82, 2.24) is 26.1 Å². The average molecular weight is 395 g/mol. The summed E-state index contributed by atoms with van der Waals surface area (Å²) in [6.45, 7) is 4.79. The molecule has 29 heavy (non-hydrogen) atoms. The van der Waals surface area contributed by atoms with E-state index in [0.29, 0.717) is 18.0 Å². The number of rotatable bonds is 3. The largest absolute Gasteiger partial charge is 0.393 e. The molecular formula is C22H30N6O. The molecule has 3 saturated heterocycles. The number of hydrogen-bond donors (Lipinski definition) is 4. The first-order valence-electron chi connectivity index (χ1n) is 10.7. The lowest BCUT2D eigenvalue weighted by Crippen LogP contribution is -2.46. The van der Waals surface area contributed by atoms with Crippen molar-refractivity contribution in [3.63, 3.8) is 0 Å². The second-order valence-electron chi connectivity index (χ2n) is 8.61. The first-order chi connectivity index (χ1) is 14.2. The molecular weight excluding hydrogens is 364 g/mol. The van der Waals surface area contributed by atoms with E-state index in [-0.39, 0.29) is 12.1 Å². The maximum absolute atomic E-state index is 9.84. The van der Waals surface area contributed by atoms with E-state index in [1.165, 1.54) is 11.1 Å². The van der Waals surface area contributed by atoms with Crippen LogP contribution in [0.5, 0.6) is 0 Å². The number of anilines is 1. The summed E-state index contributed by atoms with van der Waals surface area (Å²) in [7, 11) is 0. The van der Waals surface area contributed by atoms with Crippen LogP contribution >= 0.6 is 0 Å². The number of aliphatic hydroxyl groups is 1. The van der Waals surface area contributed by atoms with Gasteiger partial charge in [0.2, 0.25) is 0 Å². The highest BCUT2D eigenvalue weighted by molar-refractivity contribution is 5.48. The Bertz CT molecular complexity index is 838. The number of hydrogen-bond acceptors (Lipinski definition) is 7. The molecule has 3 fully saturated rings. The molecule has 4 unspecified atom stereocenters. The monoisotopic (exact) mass is 394 g/mol. The minimum atomic E-state index is -0.171. The summed E-state index contributed by atoms with van der Waals surface area (Å²) < 4.78 is 0. The maximum atomic E-state index is 9.84. The predicted molar refractivity (Wildman–Crippen MR) is 112 cm³/mol. The lowest BCUT2D eigenvalue weighted by atomic mass is 9.81. The minimum absolute atomic E-state index is 0.171. The van der Waals surface area contributed by atoms with Crippen molar-refractivity contribution in [3.05, 3.63) is 53.5 Å². The fourth-order valence-electron chi connectivity index (χ4n) is 5.00. The Morgan fingerprint density at radius 2 is 2.00 bits per heavy atom. The summed E-state index contributed by atoms with van der Waals surface area (Å²) in [4.78, 5) is 11.7. The van der Waals surface area contributed by atoms with Crippen molar-refractivity contribution in [2.75, 3.05) is 24.5 Å². The molecule has 5 rings (SSSR count). The summed E-state index contributed by atoms with van der Waals surface area (Å²) in [6.07, 6.45) is 6.30. The number of piperidine rings is 2. The highest BCUT2D eigenvalue weighted by Gasteiger charge is 2.42. The first-order valence-corrected chi connectivity index (χ1v) is 10.7. The van der Waals surface area contributed by atoms with Gasteiger partial charge in [0.15, 0.2) is 0 Å². The van der Waals surface area contributed by atoms with Gasteiger partial charge >= 0.3 is 0 Å². The molecule has 3 aliphatic heterocycles. The summed E-state index contributed by atoms with van der Waals surface area (Å²) in [5.74, 6) is 1.53. The zero-order chi connectivity index (χ0) is 19.8. The zero-order valence-electron chi connectivity index (χ0n) is 16.9. The molecule has 0 aliphatic carbocycles. The van der Waals surface area contributed by atoms with Crippen LogP contribution in [-0.4, -0.2) is 46.9 Å². The van der Waals surface area contributed by atoms with E-state index in [1.807, 2.05) is 18.5 Å². The Labute approximate surface area is 171 Å². The van der Waals surface area contributed by atoms with E-state index >= 15 is 0 Å². The van der Waals surface area contributed by atoms with Crippen LogP contribution in [-0.2, 0) is 0 Å². The minimum Gasteiger partial charge on any atom is -0.393 e. The van der Waals surface area contributed by atoms with Crippen molar-refractivity contribution in [3.8, 4) is 0 Å². The lowest BCUT2D eigenvalue weighted by molar-refractivity contribution is 0.145. The van der Waals surface area contributed by atoms with Crippen LogP contribution in [0.4, 0.5) is 5.82 Å². The quantitative estimate of drug-likeness (QED) is 0.629. The molecule has 5 heterocycles. The Morgan fingerprint density at radius 3 is 2.79 bits per heavy atom.